The largest absolute Gasteiger partial charge is 0.387 e. The molecule has 1 atom stereocenters. The molecule has 2 aromatic heterocycles. The van der Waals surface area contributed by atoms with Crippen molar-refractivity contribution in [3.05, 3.63) is 41.3 Å². The molecule has 22 heavy (non-hydrogen) atoms. The Balaban J connectivity index is 1.80. The molecule has 1 aliphatic rings. The number of pyridine rings is 1. The average Bonchev–Trinajstić information content (AvgIpc) is 2.97. The van der Waals surface area contributed by atoms with Gasteiger partial charge in [-0.3, -0.25) is 9.48 Å². The number of nitrogens with zero attached hydrogens (tertiary/aromatic N) is 4. The highest BCUT2D eigenvalue weighted by atomic mass is 16.3. The first kappa shape index (κ1) is 14.5. The topological polar surface area (TPSA) is 83.3 Å². The van der Waals surface area contributed by atoms with Crippen LogP contribution in [0.2, 0.25) is 0 Å². The summed E-state index contributed by atoms with van der Waals surface area (Å²) in [6, 6.07) is 5.32. The molecule has 1 aliphatic heterocycles. The smallest absolute Gasteiger partial charge is 0.254 e. The maximum atomic E-state index is 12.6. The number of rotatable bonds is 3. The number of carbonyl (C=O) groups is 1. The van der Waals surface area contributed by atoms with Gasteiger partial charge in [-0.25, -0.2) is 4.98 Å². The molecule has 0 saturated heterocycles. The van der Waals surface area contributed by atoms with Gasteiger partial charge >= 0.3 is 0 Å². The maximum Gasteiger partial charge on any atom is 0.254 e. The highest BCUT2D eigenvalue weighted by Gasteiger charge is 2.24. The zero-order chi connectivity index (χ0) is 15.7. The zero-order valence-corrected chi connectivity index (χ0v) is 12.7. The number of aromatic nitrogens is 3. The Morgan fingerprint density at radius 2 is 2.23 bits per heavy atom. The lowest BCUT2D eigenvalue weighted by Gasteiger charge is -2.27. The third kappa shape index (κ3) is 2.67. The Hall–Kier alpha value is -2.41. The number of fused-ring (bicyclic) bond motifs is 1. The van der Waals surface area contributed by atoms with Crippen LogP contribution in [0.5, 0.6) is 0 Å². The second-order valence-electron chi connectivity index (χ2n) is 5.37. The van der Waals surface area contributed by atoms with Crippen molar-refractivity contribution in [1.29, 1.82) is 0 Å². The van der Waals surface area contributed by atoms with E-state index in [1.807, 2.05) is 10.7 Å². The number of nitrogens with one attached hydrogen (secondary N) is 1. The molecule has 7 nitrogen and oxygen atoms in total. The first-order chi connectivity index (χ1) is 10.6. The quantitative estimate of drug-likeness (QED) is 0.884. The van der Waals surface area contributed by atoms with E-state index in [1.54, 1.807) is 37.2 Å². The summed E-state index contributed by atoms with van der Waals surface area (Å²) in [6.07, 6.45) is 1.03. The van der Waals surface area contributed by atoms with Gasteiger partial charge in [0.15, 0.2) is 0 Å². The van der Waals surface area contributed by atoms with Gasteiger partial charge < -0.3 is 15.3 Å². The van der Waals surface area contributed by atoms with Crippen molar-refractivity contribution in [1.82, 2.24) is 19.7 Å². The molecular formula is C15H19N5O2. The number of aliphatic hydroxyl groups excluding tert-OH is 1. The molecule has 0 fully saturated rings. The molecule has 3 heterocycles. The van der Waals surface area contributed by atoms with Crippen molar-refractivity contribution in [3.63, 3.8) is 0 Å². The molecule has 1 unspecified atom stereocenters. The van der Waals surface area contributed by atoms with E-state index in [9.17, 15) is 9.90 Å². The van der Waals surface area contributed by atoms with E-state index >= 15 is 0 Å². The number of aliphatic hydroxyl groups is 1. The lowest BCUT2D eigenvalue weighted by molar-refractivity contribution is 0.0705. The summed E-state index contributed by atoms with van der Waals surface area (Å²) in [7, 11) is 1.77. The molecule has 2 aromatic rings. The van der Waals surface area contributed by atoms with Gasteiger partial charge in [-0.15, -0.1) is 0 Å². The van der Waals surface area contributed by atoms with E-state index < -0.39 is 6.10 Å². The first-order valence-electron chi connectivity index (χ1n) is 7.26. The summed E-state index contributed by atoms with van der Waals surface area (Å²) in [5.74, 6) is 0.647. The standard InChI is InChI=1S/C15H19N5O2/c1-10(21)13-8-12-9-19(5-6-20(12)18-13)15(22)11-3-4-17-14(7-11)16-2/h3-4,7-8,10,21H,5-6,9H2,1-2H3,(H,16,17). The monoisotopic (exact) mass is 301 g/mol. The maximum absolute atomic E-state index is 12.6. The van der Waals surface area contributed by atoms with Crippen LogP contribution in [-0.4, -0.2) is 44.3 Å². The Morgan fingerprint density at radius 3 is 2.95 bits per heavy atom. The van der Waals surface area contributed by atoms with Crippen LogP contribution in [0, 0.1) is 0 Å². The van der Waals surface area contributed by atoms with Gasteiger partial charge in [-0.1, -0.05) is 0 Å². The van der Waals surface area contributed by atoms with Crippen LogP contribution in [0.1, 0.15) is 34.8 Å². The van der Waals surface area contributed by atoms with Crippen LogP contribution in [-0.2, 0) is 13.1 Å². The van der Waals surface area contributed by atoms with Gasteiger partial charge in [0.25, 0.3) is 5.91 Å². The molecular weight excluding hydrogens is 282 g/mol. The van der Waals surface area contributed by atoms with Crippen LogP contribution >= 0.6 is 0 Å². The Kier molecular flexibility index (Phi) is 3.81. The van der Waals surface area contributed by atoms with E-state index in [1.165, 1.54) is 0 Å². The fourth-order valence-corrected chi connectivity index (χ4v) is 2.55. The lowest BCUT2D eigenvalue weighted by Crippen LogP contribution is -2.38. The van der Waals surface area contributed by atoms with Gasteiger partial charge in [0.2, 0.25) is 0 Å². The summed E-state index contributed by atoms with van der Waals surface area (Å²) in [4.78, 5) is 18.5. The van der Waals surface area contributed by atoms with Gasteiger partial charge in [0, 0.05) is 25.4 Å². The Morgan fingerprint density at radius 1 is 1.41 bits per heavy atom. The third-order valence-corrected chi connectivity index (χ3v) is 3.80. The second-order valence-corrected chi connectivity index (χ2v) is 5.37. The fourth-order valence-electron chi connectivity index (χ4n) is 2.55. The molecule has 7 heteroatoms. The number of carbonyl (C=O) groups excluding carboxylic acids is 1. The summed E-state index contributed by atoms with van der Waals surface area (Å²) >= 11 is 0. The average molecular weight is 301 g/mol. The minimum atomic E-state index is -0.597. The lowest BCUT2D eigenvalue weighted by atomic mass is 10.2. The fraction of sp³-hybridized carbons (Fsp3) is 0.400. The number of hydrogen-bond donors (Lipinski definition) is 2. The van der Waals surface area contributed by atoms with Crippen molar-refractivity contribution in [3.8, 4) is 0 Å². The predicted molar refractivity (Wildman–Crippen MR) is 81.4 cm³/mol. The van der Waals surface area contributed by atoms with E-state index in [0.717, 1.165) is 5.69 Å². The van der Waals surface area contributed by atoms with Gasteiger partial charge in [-0.05, 0) is 25.1 Å². The first-order valence-corrected chi connectivity index (χ1v) is 7.26. The molecule has 0 bridgehead atoms. The molecule has 116 valence electrons. The van der Waals surface area contributed by atoms with Crippen molar-refractivity contribution in [2.24, 2.45) is 0 Å². The second kappa shape index (κ2) is 5.76. The van der Waals surface area contributed by atoms with Crippen molar-refractivity contribution in [2.45, 2.75) is 26.1 Å². The number of amides is 1. The van der Waals surface area contributed by atoms with E-state index in [4.69, 9.17) is 0 Å². The van der Waals surface area contributed by atoms with Crippen molar-refractivity contribution in [2.75, 3.05) is 18.9 Å². The zero-order valence-electron chi connectivity index (χ0n) is 12.7. The van der Waals surface area contributed by atoms with Crippen LogP contribution in [0.15, 0.2) is 24.4 Å². The minimum absolute atomic E-state index is 0.0232. The van der Waals surface area contributed by atoms with Crippen LogP contribution in [0.25, 0.3) is 0 Å². The van der Waals surface area contributed by atoms with Crippen LogP contribution in [0.4, 0.5) is 5.82 Å². The Labute approximate surface area is 128 Å². The van der Waals surface area contributed by atoms with Crippen LogP contribution < -0.4 is 5.32 Å². The van der Waals surface area contributed by atoms with Gasteiger partial charge in [0.1, 0.15) is 5.82 Å². The molecule has 0 saturated carbocycles. The summed E-state index contributed by atoms with van der Waals surface area (Å²) < 4.78 is 1.86. The summed E-state index contributed by atoms with van der Waals surface area (Å²) in [5.41, 5.74) is 2.20. The van der Waals surface area contributed by atoms with Crippen molar-refractivity contribution >= 4 is 11.7 Å². The molecule has 2 N–H and O–H groups in total. The van der Waals surface area contributed by atoms with Crippen LogP contribution in [0.3, 0.4) is 0 Å². The predicted octanol–water partition coefficient (Wildman–Crippen LogP) is 1.03. The highest BCUT2D eigenvalue weighted by Crippen LogP contribution is 2.19. The van der Waals surface area contributed by atoms with Crippen molar-refractivity contribution < 1.29 is 9.90 Å². The summed E-state index contributed by atoms with van der Waals surface area (Å²) in [6.45, 7) is 3.42. The third-order valence-electron chi connectivity index (χ3n) is 3.80. The Bertz CT molecular complexity index is 695. The van der Waals surface area contributed by atoms with Gasteiger partial charge in [-0.2, -0.15) is 5.10 Å². The minimum Gasteiger partial charge on any atom is -0.387 e. The van der Waals surface area contributed by atoms with E-state index in [0.29, 0.717) is 36.7 Å². The SMILES string of the molecule is CNc1cc(C(=O)N2CCn3nc(C(C)O)cc3C2)ccn1. The van der Waals surface area contributed by atoms with E-state index in [-0.39, 0.29) is 5.91 Å². The number of anilines is 1. The molecule has 3 rings (SSSR count). The number of hydrogen-bond acceptors (Lipinski definition) is 5. The molecule has 0 radical (unpaired) electrons. The summed E-state index contributed by atoms with van der Waals surface area (Å²) in [5, 5.41) is 16.9. The molecule has 0 aliphatic carbocycles. The normalized spacial score (nSPS) is 15.3. The molecule has 1 amide bonds. The molecule has 0 spiro atoms. The highest BCUT2D eigenvalue weighted by molar-refractivity contribution is 5.94. The molecule has 0 aromatic carbocycles. The van der Waals surface area contributed by atoms with E-state index in [2.05, 4.69) is 15.4 Å². The van der Waals surface area contributed by atoms with Gasteiger partial charge in [0.05, 0.1) is 30.6 Å².